The van der Waals surface area contributed by atoms with Crippen molar-refractivity contribution in [2.45, 2.75) is 20.4 Å². The van der Waals surface area contributed by atoms with E-state index in [0.29, 0.717) is 11.1 Å². The largest absolute Gasteiger partial charge is 0.419 e. The van der Waals surface area contributed by atoms with Gasteiger partial charge in [0, 0.05) is 17.4 Å². The van der Waals surface area contributed by atoms with Crippen LogP contribution in [0.4, 0.5) is 0 Å². The van der Waals surface area contributed by atoms with E-state index in [0.717, 1.165) is 4.90 Å². The highest BCUT2D eigenvalue weighted by atomic mass is 16.4. The van der Waals surface area contributed by atoms with Gasteiger partial charge in [0.05, 0.1) is 11.6 Å². The summed E-state index contributed by atoms with van der Waals surface area (Å²) in [5, 5.41) is 16.7. The molecule has 1 fully saturated rings. The van der Waals surface area contributed by atoms with Gasteiger partial charge < -0.3 is 4.42 Å². The van der Waals surface area contributed by atoms with Crippen LogP contribution in [0.1, 0.15) is 25.3 Å². The van der Waals surface area contributed by atoms with E-state index in [9.17, 15) is 9.59 Å². The number of hydrogen-bond acceptors (Lipinski definition) is 6. The number of amides is 2. The highest BCUT2D eigenvalue weighted by molar-refractivity contribution is 6.04. The van der Waals surface area contributed by atoms with E-state index in [-0.39, 0.29) is 42.0 Å². The summed E-state index contributed by atoms with van der Waals surface area (Å²) >= 11 is 0. The smallest absolute Gasteiger partial charge is 0.247 e. The zero-order chi connectivity index (χ0) is 16.6. The summed E-state index contributed by atoms with van der Waals surface area (Å²) < 4.78 is 5.52. The molecule has 2 unspecified atom stereocenters. The number of likely N-dealkylation sites (tertiary alicyclic amines) is 1. The Morgan fingerprint density at radius 1 is 1.22 bits per heavy atom. The molecule has 1 aliphatic heterocycles. The Hall–Kier alpha value is -3.01. The molecule has 1 aromatic heterocycles. The lowest BCUT2D eigenvalue weighted by Gasteiger charge is -2.11. The second-order valence-electron chi connectivity index (χ2n) is 5.53. The van der Waals surface area contributed by atoms with Crippen molar-refractivity contribution >= 4 is 11.8 Å². The number of hydrogen-bond donors (Lipinski definition) is 0. The van der Waals surface area contributed by atoms with Crippen molar-refractivity contribution in [3.05, 3.63) is 35.7 Å². The van der Waals surface area contributed by atoms with Crippen LogP contribution >= 0.6 is 0 Å². The van der Waals surface area contributed by atoms with Crippen LogP contribution in [0, 0.1) is 23.2 Å². The molecule has 1 aliphatic rings. The fraction of sp³-hybridized carbons (Fsp3) is 0.312. The van der Waals surface area contributed by atoms with Crippen LogP contribution in [0.25, 0.3) is 11.5 Å². The van der Waals surface area contributed by atoms with Crippen molar-refractivity contribution in [3.63, 3.8) is 0 Å². The number of benzene rings is 1. The van der Waals surface area contributed by atoms with Gasteiger partial charge in [-0.25, -0.2) is 0 Å². The van der Waals surface area contributed by atoms with E-state index in [4.69, 9.17) is 9.68 Å². The van der Waals surface area contributed by atoms with Crippen LogP contribution in [0.15, 0.2) is 28.7 Å². The summed E-state index contributed by atoms with van der Waals surface area (Å²) in [5.74, 6) is -0.695. The first kappa shape index (κ1) is 14.9. The molecule has 2 aromatic rings. The molecule has 116 valence electrons. The molecule has 1 saturated heterocycles. The molecule has 0 bridgehead atoms. The van der Waals surface area contributed by atoms with Crippen LogP contribution in [0.5, 0.6) is 0 Å². The summed E-state index contributed by atoms with van der Waals surface area (Å²) in [6, 6.07) is 8.80. The predicted octanol–water partition coefficient (Wildman–Crippen LogP) is 1.75. The van der Waals surface area contributed by atoms with Gasteiger partial charge in [0.1, 0.15) is 6.54 Å². The van der Waals surface area contributed by atoms with Crippen LogP contribution in [0.3, 0.4) is 0 Å². The monoisotopic (exact) mass is 310 g/mol. The fourth-order valence-electron chi connectivity index (χ4n) is 2.47. The highest BCUT2D eigenvalue weighted by Gasteiger charge is 2.42. The molecule has 7 nitrogen and oxygen atoms in total. The van der Waals surface area contributed by atoms with Gasteiger partial charge in [0.2, 0.25) is 23.6 Å². The summed E-state index contributed by atoms with van der Waals surface area (Å²) in [6.07, 6.45) is 0. The van der Waals surface area contributed by atoms with Crippen molar-refractivity contribution in [2.75, 3.05) is 0 Å². The summed E-state index contributed by atoms with van der Waals surface area (Å²) in [7, 11) is 0. The van der Waals surface area contributed by atoms with Crippen molar-refractivity contribution < 1.29 is 14.0 Å². The minimum atomic E-state index is -0.336. The van der Waals surface area contributed by atoms with E-state index in [1.54, 1.807) is 38.1 Å². The van der Waals surface area contributed by atoms with Gasteiger partial charge in [-0.15, -0.1) is 10.2 Å². The lowest BCUT2D eigenvalue weighted by Crippen LogP contribution is -2.30. The number of carbonyl (C=O) groups is 2. The molecule has 0 spiro atoms. The van der Waals surface area contributed by atoms with Crippen molar-refractivity contribution in [3.8, 4) is 17.5 Å². The number of rotatable bonds is 3. The maximum absolute atomic E-state index is 12.1. The summed E-state index contributed by atoms with van der Waals surface area (Å²) in [5.41, 5.74) is 1.10. The van der Waals surface area contributed by atoms with Gasteiger partial charge in [0.25, 0.3) is 0 Å². The maximum Gasteiger partial charge on any atom is 0.247 e. The zero-order valence-electron chi connectivity index (χ0n) is 12.7. The Morgan fingerprint density at radius 2 is 1.91 bits per heavy atom. The van der Waals surface area contributed by atoms with Gasteiger partial charge >= 0.3 is 0 Å². The third kappa shape index (κ3) is 2.59. The number of carbonyl (C=O) groups excluding carboxylic acids is 2. The molecule has 0 aliphatic carbocycles. The van der Waals surface area contributed by atoms with E-state index in [1.165, 1.54) is 0 Å². The average molecular weight is 310 g/mol. The van der Waals surface area contributed by atoms with E-state index in [2.05, 4.69) is 10.2 Å². The third-order valence-electron chi connectivity index (χ3n) is 4.06. The normalized spacial score (nSPS) is 20.8. The van der Waals surface area contributed by atoms with Crippen LogP contribution in [-0.4, -0.2) is 26.9 Å². The Balaban J connectivity index is 1.82. The number of nitriles is 1. The standard InChI is InChI=1S/C16H14N4O3/c1-9-10(2)16(22)20(15(9)21)8-13-18-19-14(23-13)12-5-3-4-11(6-12)7-17/h3-6,9-10H,8H2,1-2H3. The van der Waals surface area contributed by atoms with Crippen LogP contribution in [-0.2, 0) is 16.1 Å². The van der Waals surface area contributed by atoms with Gasteiger partial charge in [-0.1, -0.05) is 19.9 Å². The van der Waals surface area contributed by atoms with Gasteiger partial charge in [-0.05, 0) is 18.2 Å². The van der Waals surface area contributed by atoms with Crippen molar-refractivity contribution in [2.24, 2.45) is 11.8 Å². The zero-order valence-corrected chi connectivity index (χ0v) is 12.7. The Kier molecular flexibility index (Phi) is 3.66. The molecule has 1 aromatic carbocycles. The second kappa shape index (κ2) is 5.65. The summed E-state index contributed by atoms with van der Waals surface area (Å²) in [4.78, 5) is 25.3. The SMILES string of the molecule is CC1C(=O)N(Cc2nnc(-c3cccc(C#N)c3)o2)C(=O)C1C. The van der Waals surface area contributed by atoms with Crippen LogP contribution in [0.2, 0.25) is 0 Å². The second-order valence-corrected chi connectivity index (χ2v) is 5.53. The van der Waals surface area contributed by atoms with Crippen LogP contribution < -0.4 is 0 Å². The topological polar surface area (TPSA) is 100 Å². The first-order valence-corrected chi connectivity index (χ1v) is 7.19. The number of aromatic nitrogens is 2. The summed E-state index contributed by atoms with van der Waals surface area (Å²) in [6.45, 7) is 3.44. The molecule has 0 saturated carbocycles. The molecule has 2 heterocycles. The lowest BCUT2D eigenvalue weighted by molar-refractivity contribution is -0.140. The van der Waals surface area contributed by atoms with E-state index < -0.39 is 0 Å². The first-order valence-electron chi connectivity index (χ1n) is 7.19. The highest BCUT2D eigenvalue weighted by Crippen LogP contribution is 2.27. The Bertz CT molecular complexity index is 801. The molecule has 2 atom stereocenters. The van der Waals surface area contributed by atoms with Gasteiger partial charge in [-0.3, -0.25) is 14.5 Å². The number of imide groups is 1. The van der Waals surface area contributed by atoms with E-state index >= 15 is 0 Å². The molecule has 0 radical (unpaired) electrons. The fourth-order valence-corrected chi connectivity index (χ4v) is 2.47. The molecular formula is C16H14N4O3. The molecule has 2 amide bonds. The van der Waals surface area contributed by atoms with E-state index in [1.807, 2.05) is 6.07 Å². The first-order chi connectivity index (χ1) is 11.0. The predicted molar refractivity (Wildman–Crippen MR) is 78.3 cm³/mol. The minimum absolute atomic E-state index is 0.0305. The van der Waals surface area contributed by atoms with Gasteiger partial charge in [0.15, 0.2) is 0 Å². The molecule has 3 rings (SSSR count). The molecular weight excluding hydrogens is 296 g/mol. The van der Waals surface area contributed by atoms with Gasteiger partial charge in [-0.2, -0.15) is 5.26 Å². The third-order valence-corrected chi connectivity index (χ3v) is 4.06. The molecule has 7 heteroatoms. The van der Waals surface area contributed by atoms with Crippen molar-refractivity contribution in [1.82, 2.24) is 15.1 Å². The molecule has 23 heavy (non-hydrogen) atoms. The maximum atomic E-state index is 12.1. The Labute approximate surface area is 132 Å². The Morgan fingerprint density at radius 3 is 2.57 bits per heavy atom. The minimum Gasteiger partial charge on any atom is -0.419 e. The average Bonchev–Trinajstić information content (AvgIpc) is 3.11. The van der Waals surface area contributed by atoms with Crippen molar-refractivity contribution in [1.29, 1.82) is 5.26 Å². The molecule has 0 N–H and O–H groups in total. The number of nitrogens with zero attached hydrogens (tertiary/aromatic N) is 4. The lowest BCUT2D eigenvalue weighted by atomic mass is 10.00. The quantitative estimate of drug-likeness (QED) is 0.801.